The zero-order valence-electron chi connectivity index (χ0n) is 36.5. The van der Waals surface area contributed by atoms with E-state index in [1.165, 1.54) is 0 Å². The second-order valence-corrected chi connectivity index (χ2v) is 12.9. The first kappa shape index (κ1) is 58.8. The third-order valence-corrected chi connectivity index (χ3v) is 7.94. The van der Waals surface area contributed by atoms with Gasteiger partial charge in [-0.05, 0) is 25.7 Å². The third kappa shape index (κ3) is 43.5. The Bertz CT molecular complexity index is 1070. The van der Waals surface area contributed by atoms with E-state index in [9.17, 15) is 24.3 Å². The van der Waals surface area contributed by atoms with Crippen molar-refractivity contribution in [3.05, 3.63) is 0 Å². The fourth-order valence-corrected chi connectivity index (χ4v) is 4.74. The molecule has 62 heavy (non-hydrogen) atoms. The zero-order chi connectivity index (χ0) is 45.4. The van der Waals surface area contributed by atoms with Crippen molar-refractivity contribution in [2.45, 2.75) is 50.6 Å². The minimum absolute atomic E-state index is 0.0520. The van der Waals surface area contributed by atoms with E-state index in [1.54, 1.807) is 0 Å². The van der Waals surface area contributed by atoms with Crippen LogP contribution in [0.5, 0.6) is 0 Å². The first-order valence-corrected chi connectivity index (χ1v) is 21.2. The van der Waals surface area contributed by atoms with Crippen LogP contribution in [0.4, 0.5) is 0 Å². The van der Waals surface area contributed by atoms with Crippen LogP contribution in [0.1, 0.15) is 38.5 Å². The van der Waals surface area contributed by atoms with Gasteiger partial charge < -0.3 is 83.4 Å². The van der Waals surface area contributed by atoms with E-state index in [0.29, 0.717) is 178 Å². The highest BCUT2D eigenvalue weighted by Gasteiger charge is 2.21. The summed E-state index contributed by atoms with van der Waals surface area (Å²) in [6.45, 7) is 14.6. The zero-order valence-corrected chi connectivity index (χ0v) is 36.5. The van der Waals surface area contributed by atoms with Crippen LogP contribution in [0.3, 0.4) is 0 Å². The Morgan fingerprint density at radius 2 is 0.790 bits per heavy atom. The molecule has 23 nitrogen and oxygen atoms in total. The molecule has 23 heteroatoms. The molecule has 0 saturated carbocycles. The van der Waals surface area contributed by atoms with Gasteiger partial charge in [0.1, 0.15) is 6.04 Å². The number of aliphatic carboxylic acids is 2. The maximum Gasteiger partial charge on any atom is 0.331 e. The van der Waals surface area contributed by atoms with Gasteiger partial charge in [0.25, 0.3) is 0 Å². The average molecular weight is 903 g/mol. The lowest BCUT2D eigenvalue weighted by Crippen LogP contribution is -2.81. The highest BCUT2D eigenvalue weighted by molar-refractivity contribution is 5.84. The topological polar surface area (TPSA) is 296 Å². The SMILES string of the molecule is C=[NH+]N[C@@H](CCCCNC(=O)CC[C@H](NC(=O)CCOCCOCCOCCOCCOCCOCCOCCOCCOCCOCCOCCOCCN)C(=O)O)C(=O)O. The van der Waals surface area contributed by atoms with Gasteiger partial charge in [0, 0.05) is 25.9 Å². The van der Waals surface area contributed by atoms with E-state index in [4.69, 9.17) is 67.7 Å². The Balaban J connectivity index is 3.42. The molecule has 0 aliphatic carbocycles. The Labute approximate surface area is 365 Å². The number of hydrogen-bond donors (Lipinski definition) is 7. The molecular weight excluding hydrogens is 826 g/mol. The van der Waals surface area contributed by atoms with E-state index in [2.05, 4.69) is 27.9 Å². The number of carbonyl (C=O) groups excluding carboxylic acids is 2. The molecular formula is C39H76N5O18+. The number of carboxylic acid groups (broad SMARTS) is 2. The Morgan fingerprint density at radius 3 is 1.11 bits per heavy atom. The molecule has 0 unspecified atom stereocenters. The Kier molecular flexibility index (Phi) is 44.9. The molecule has 2 amide bonds. The van der Waals surface area contributed by atoms with Crippen molar-refractivity contribution in [3.8, 4) is 0 Å². The smallest absolute Gasteiger partial charge is 0.331 e. The van der Waals surface area contributed by atoms with Gasteiger partial charge in [0.2, 0.25) is 11.8 Å². The Hall–Kier alpha value is -3.17. The molecule has 2 atom stereocenters. The number of hydrazone groups is 1. The number of ether oxygens (including phenoxy) is 12. The molecule has 0 aromatic heterocycles. The fourth-order valence-electron chi connectivity index (χ4n) is 4.74. The summed E-state index contributed by atoms with van der Waals surface area (Å²) in [4.78, 5) is 46.9. The summed E-state index contributed by atoms with van der Waals surface area (Å²) in [7, 11) is 0. The normalized spacial score (nSPS) is 12.2. The van der Waals surface area contributed by atoms with Crippen LogP contribution in [-0.4, -0.2) is 224 Å². The van der Waals surface area contributed by atoms with Crippen molar-refractivity contribution in [1.82, 2.24) is 16.1 Å². The van der Waals surface area contributed by atoms with Gasteiger partial charge in [0.05, 0.1) is 159 Å². The second kappa shape index (κ2) is 47.3. The molecule has 0 fully saturated rings. The lowest BCUT2D eigenvalue weighted by molar-refractivity contribution is -0.522. The lowest BCUT2D eigenvalue weighted by atomic mass is 10.1. The van der Waals surface area contributed by atoms with Crippen LogP contribution < -0.4 is 26.9 Å². The van der Waals surface area contributed by atoms with E-state index >= 15 is 0 Å². The number of hydrazine groups is 1. The maximum absolute atomic E-state index is 12.2. The van der Waals surface area contributed by atoms with E-state index in [-0.39, 0.29) is 38.4 Å². The van der Waals surface area contributed by atoms with Crippen LogP contribution in [-0.2, 0) is 76.0 Å². The van der Waals surface area contributed by atoms with Crippen molar-refractivity contribution in [3.63, 3.8) is 0 Å². The van der Waals surface area contributed by atoms with Gasteiger partial charge in [-0.25, -0.2) is 9.59 Å². The number of nitrogens with two attached hydrogens (primary N) is 1. The third-order valence-electron chi connectivity index (χ3n) is 7.94. The van der Waals surface area contributed by atoms with E-state index < -0.39 is 29.9 Å². The minimum Gasteiger partial charge on any atom is -0.480 e. The number of carbonyl (C=O) groups is 4. The monoisotopic (exact) mass is 903 g/mol. The minimum atomic E-state index is -1.25. The van der Waals surface area contributed by atoms with Crippen LogP contribution >= 0.6 is 0 Å². The van der Waals surface area contributed by atoms with Gasteiger partial charge in [0.15, 0.2) is 12.8 Å². The van der Waals surface area contributed by atoms with Gasteiger partial charge in [-0.2, -0.15) is 5.43 Å². The summed E-state index contributed by atoms with van der Waals surface area (Å²) >= 11 is 0. The number of unbranched alkanes of at least 4 members (excludes halogenated alkanes) is 1. The highest BCUT2D eigenvalue weighted by atomic mass is 16.6. The summed E-state index contributed by atoms with van der Waals surface area (Å²) in [5.74, 6) is -3.14. The molecule has 0 rings (SSSR count). The van der Waals surface area contributed by atoms with Crippen LogP contribution in [0.15, 0.2) is 0 Å². The number of rotatable bonds is 51. The van der Waals surface area contributed by atoms with Crippen molar-refractivity contribution < 1.29 is 91.3 Å². The predicted molar refractivity (Wildman–Crippen MR) is 222 cm³/mol. The van der Waals surface area contributed by atoms with Crippen LogP contribution in [0.25, 0.3) is 0 Å². The van der Waals surface area contributed by atoms with Crippen molar-refractivity contribution in [2.24, 2.45) is 5.73 Å². The van der Waals surface area contributed by atoms with Gasteiger partial charge in [-0.15, -0.1) is 5.10 Å². The average Bonchev–Trinajstić information content (AvgIpc) is 3.25. The van der Waals surface area contributed by atoms with Crippen LogP contribution in [0, 0.1) is 0 Å². The molecule has 0 aliphatic rings. The summed E-state index contributed by atoms with van der Waals surface area (Å²) in [5, 5.41) is 25.9. The summed E-state index contributed by atoms with van der Waals surface area (Å²) < 4.78 is 65.1. The summed E-state index contributed by atoms with van der Waals surface area (Å²) in [5.41, 5.74) is 7.85. The quantitative estimate of drug-likeness (QED) is 0.0181. The van der Waals surface area contributed by atoms with E-state index in [0.717, 1.165) is 0 Å². The number of hydrogen-bond acceptors (Lipinski definition) is 18. The molecule has 0 spiro atoms. The fraction of sp³-hybridized carbons (Fsp3) is 0.872. The van der Waals surface area contributed by atoms with Gasteiger partial charge in [-0.1, -0.05) is 0 Å². The lowest BCUT2D eigenvalue weighted by Gasteiger charge is -2.14. The molecule has 0 heterocycles. The summed E-state index contributed by atoms with van der Waals surface area (Å²) in [6.07, 6.45) is 1.18. The molecule has 364 valence electrons. The molecule has 0 bridgehead atoms. The van der Waals surface area contributed by atoms with Gasteiger partial charge in [-0.3, -0.25) is 9.59 Å². The first-order chi connectivity index (χ1) is 30.3. The standard InChI is InChI=1S/C39H75N5O18/c1-41-44-35(39(49)50)4-2-3-9-42-36(45)6-5-34(38(47)48)43-37(46)7-10-51-12-14-53-16-18-55-20-22-57-24-26-59-28-30-61-32-33-62-31-29-60-27-25-58-23-21-56-19-17-54-15-13-52-11-8-40/h34-35,44H,1-33,40H2,(H,42,45)(H,43,46)(H,47,48)(H,49,50)/p+1/t34-,35-/m0/s1. The maximum atomic E-state index is 12.2. The van der Waals surface area contributed by atoms with Gasteiger partial charge >= 0.3 is 11.9 Å². The first-order valence-electron chi connectivity index (χ1n) is 21.2. The molecule has 0 radical (unpaired) electrons. The highest BCUT2D eigenvalue weighted by Crippen LogP contribution is 2.02. The number of nitrogens with one attached hydrogen (secondary N) is 4. The molecule has 8 N–H and O–H groups in total. The Morgan fingerprint density at radius 1 is 0.452 bits per heavy atom. The second-order valence-electron chi connectivity index (χ2n) is 12.9. The molecule has 0 saturated heterocycles. The van der Waals surface area contributed by atoms with Crippen LogP contribution in [0.2, 0.25) is 0 Å². The number of amides is 2. The predicted octanol–water partition coefficient (Wildman–Crippen LogP) is -3.09. The molecule has 0 aliphatic heterocycles. The van der Waals surface area contributed by atoms with E-state index in [1.807, 2.05) is 0 Å². The van der Waals surface area contributed by atoms with Crippen molar-refractivity contribution in [2.75, 3.05) is 172 Å². The van der Waals surface area contributed by atoms with Crippen molar-refractivity contribution in [1.29, 1.82) is 0 Å². The number of carboxylic acids is 2. The largest absolute Gasteiger partial charge is 0.480 e. The molecule has 0 aromatic rings. The van der Waals surface area contributed by atoms with Crippen molar-refractivity contribution >= 4 is 30.5 Å². The summed E-state index contributed by atoms with van der Waals surface area (Å²) in [6, 6.07) is -2.02. The molecule has 0 aromatic carbocycles.